The first kappa shape index (κ1) is 19.3. The van der Waals surface area contributed by atoms with Gasteiger partial charge in [-0.05, 0) is 43.3 Å². The van der Waals surface area contributed by atoms with Crippen LogP contribution in [0.4, 0.5) is 5.69 Å². The van der Waals surface area contributed by atoms with Gasteiger partial charge in [-0.25, -0.2) is 0 Å². The number of anilines is 1. The van der Waals surface area contributed by atoms with E-state index in [1.807, 2.05) is 18.2 Å². The predicted molar refractivity (Wildman–Crippen MR) is 99.1 cm³/mol. The molecule has 134 valence electrons. The normalized spacial score (nSPS) is 11.1. The number of methoxy groups -OCH3 is 1. The molecule has 2 rings (SSSR count). The van der Waals surface area contributed by atoms with Gasteiger partial charge in [0.15, 0.2) is 6.10 Å². The molecule has 26 heavy (non-hydrogen) atoms. The second-order valence-corrected chi connectivity index (χ2v) is 6.29. The van der Waals surface area contributed by atoms with Crippen molar-refractivity contribution in [2.45, 2.75) is 17.9 Å². The molecule has 0 bridgehead atoms. The van der Waals surface area contributed by atoms with Crippen LogP contribution in [-0.4, -0.2) is 30.8 Å². The van der Waals surface area contributed by atoms with Crippen LogP contribution in [0.1, 0.15) is 12.5 Å². The molecular formula is C19H18N2O4S. The molecule has 0 fully saturated rings. The Morgan fingerprint density at radius 3 is 2.54 bits per heavy atom. The number of nitrogens with one attached hydrogen (secondary N) is 1. The van der Waals surface area contributed by atoms with E-state index in [0.717, 1.165) is 10.6 Å². The smallest absolute Gasteiger partial charge is 0.317 e. The van der Waals surface area contributed by atoms with Gasteiger partial charge in [-0.1, -0.05) is 12.1 Å². The lowest BCUT2D eigenvalue weighted by atomic mass is 10.2. The van der Waals surface area contributed by atoms with Gasteiger partial charge in [0.05, 0.1) is 24.1 Å². The summed E-state index contributed by atoms with van der Waals surface area (Å²) < 4.78 is 10.2. The maximum absolute atomic E-state index is 12.1. The molecule has 2 aromatic carbocycles. The molecule has 0 spiro atoms. The molecule has 0 saturated heterocycles. The van der Waals surface area contributed by atoms with Crippen molar-refractivity contribution < 1.29 is 19.1 Å². The molecule has 6 nitrogen and oxygen atoms in total. The van der Waals surface area contributed by atoms with Crippen LogP contribution in [0.25, 0.3) is 0 Å². The maximum Gasteiger partial charge on any atom is 0.317 e. The summed E-state index contributed by atoms with van der Waals surface area (Å²) in [5.74, 6) is -0.170. The number of esters is 1. The first-order valence-electron chi connectivity index (χ1n) is 7.80. The maximum atomic E-state index is 12.1. The topological polar surface area (TPSA) is 88.4 Å². The van der Waals surface area contributed by atoms with Crippen LogP contribution in [0.2, 0.25) is 0 Å². The van der Waals surface area contributed by atoms with Crippen LogP contribution < -0.4 is 10.1 Å². The van der Waals surface area contributed by atoms with Crippen LogP contribution in [0.5, 0.6) is 5.75 Å². The first-order chi connectivity index (χ1) is 12.5. The number of nitrogens with zero attached hydrogens (tertiary/aromatic N) is 1. The zero-order chi connectivity index (χ0) is 18.9. The monoisotopic (exact) mass is 370 g/mol. The van der Waals surface area contributed by atoms with Crippen molar-refractivity contribution in [2.24, 2.45) is 0 Å². The van der Waals surface area contributed by atoms with Crippen molar-refractivity contribution in [3.63, 3.8) is 0 Å². The molecule has 1 N–H and O–H groups in total. The Morgan fingerprint density at radius 2 is 1.88 bits per heavy atom. The van der Waals surface area contributed by atoms with Gasteiger partial charge < -0.3 is 14.8 Å². The lowest BCUT2D eigenvalue weighted by molar-refractivity contribution is -0.150. The molecule has 0 radical (unpaired) electrons. The van der Waals surface area contributed by atoms with Crippen molar-refractivity contribution >= 4 is 29.3 Å². The highest BCUT2D eigenvalue weighted by Gasteiger charge is 2.19. The standard InChI is InChI=1S/C19H18N2O4S/c1-13(19(23)21-17-6-4-3-5-14(17)11-20)25-18(22)12-26-16-9-7-15(24-2)8-10-16/h3-10,13H,12H2,1-2H3,(H,21,23)/t13-/m1/s1. The number of thioether (sulfide) groups is 1. The summed E-state index contributed by atoms with van der Waals surface area (Å²) in [4.78, 5) is 25.0. The van der Waals surface area contributed by atoms with Crippen molar-refractivity contribution in [2.75, 3.05) is 18.2 Å². The summed E-state index contributed by atoms with van der Waals surface area (Å²) in [5.41, 5.74) is 0.727. The molecular weight excluding hydrogens is 352 g/mol. The van der Waals surface area contributed by atoms with E-state index in [2.05, 4.69) is 5.32 Å². The fourth-order valence-corrected chi connectivity index (χ4v) is 2.70. The zero-order valence-electron chi connectivity index (χ0n) is 14.4. The summed E-state index contributed by atoms with van der Waals surface area (Å²) in [6.07, 6.45) is -0.967. The minimum atomic E-state index is -0.967. The van der Waals surface area contributed by atoms with E-state index in [1.165, 1.54) is 18.7 Å². The van der Waals surface area contributed by atoms with E-state index in [4.69, 9.17) is 14.7 Å². The lowest BCUT2D eigenvalue weighted by Gasteiger charge is -2.14. The lowest BCUT2D eigenvalue weighted by Crippen LogP contribution is -2.30. The van der Waals surface area contributed by atoms with E-state index in [1.54, 1.807) is 43.5 Å². The highest BCUT2D eigenvalue weighted by molar-refractivity contribution is 8.00. The van der Waals surface area contributed by atoms with Gasteiger partial charge in [-0.15, -0.1) is 11.8 Å². The van der Waals surface area contributed by atoms with Crippen LogP contribution in [0.15, 0.2) is 53.4 Å². The first-order valence-corrected chi connectivity index (χ1v) is 8.78. The minimum absolute atomic E-state index is 0.0821. The molecule has 0 aliphatic heterocycles. The average molecular weight is 370 g/mol. The Hall–Kier alpha value is -2.98. The number of carbonyl (C=O) groups excluding carboxylic acids is 2. The summed E-state index contributed by atoms with van der Waals surface area (Å²) in [6, 6.07) is 15.9. The third-order valence-corrected chi connectivity index (χ3v) is 4.38. The van der Waals surface area contributed by atoms with Gasteiger partial charge in [0.2, 0.25) is 0 Å². The molecule has 0 aliphatic rings. The van der Waals surface area contributed by atoms with Crippen molar-refractivity contribution in [1.29, 1.82) is 5.26 Å². The number of nitriles is 1. The Labute approximate surface area is 156 Å². The molecule has 0 aromatic heterocycles. The van der Waals surface area contributed by atoms with E-state index in [9.17, 15) is 9.59 Å². The van der Waals surface area contributed by atoms with Gasteiger partial charge in [-0.2, -0.15) is 5.26 Å². The molecule has 1 atom stereocenters. The highest BCUT2D eigenvalue weighted by Crippen LogP contribution is 2.21. The van der Waals surface area contributed by atoms with E-state index >= 15 is 0 Å². The van der Waals surface area contributed by atoms with Crippen LogP contribution in [-0.2, 0) is 14.3 Å². The van der Waals surface area contributed by atoms with Gasteiger partial charge >= 0.3 is 5.97 Å². The van der Waals surface area contributed by atoms with Gasteiger partial charge in [0, 0.05) is 4.90 Å². The van der Waals surface area contributed by atoms with Gasteiger partial charge in [0.25, 0.3) is 5.91 Å². The molecule has 1 amide bonds. The molecule has 7 heteroatoms. The van der Waals surface area contributed by atoms with E-state index in [0.29, 0.717) is 11.3 Å². The average Bonchev–Trinajstić information content (AvgIpc) is 2.67. The molecule has 2 aromatic rings. The molecule has 0 unspecified atom stereocenters. The number of benzene rings is 2. The number of ether oxygens (including phenoxy) is 2. The van der Waals surface area contributed by atoms with E-state index < -0.39 is 18.0 Å². The fraction of sp³-hybridized carbons (Fsp3) is 0.211. The van der Waals surface area contributed by atoms with Crippen LogP contribution in [0, 0.1) is 11.3 Å². The number of para-hydroxylation sites is 1. The van der Waals surface area contributed by atoms with Crippen molar-refractivity contribution in [3.8, 4) is 11.8 Å². The molecule has 0 saturated carbocycles. The summed E-state index contributed by atoms with van der Waals surface area (Å²) in [6.45, 7) is 1.49. The summed E-state index contributed by atoms with van der Waals surface area (Å²) in [5, 5.41) is 11.6. The number of carbonyl (C=O) groups is 2. The van der Waals surface area contributed by atoms with Gasteiger partial charge in [0.1, 0.15) is 11.8 Å². The fourth-order valence-electron chi connectivity index (χ4n) is 2.02. The summed E-state index contributed by atoms with van der Waals surface area (Å²) in [7, 11) is 1.58. The van der Waals surface area contributed by atoms with Crippen LogP contribution in [0.3, 0.4) is 0 Å². The molecule has 0 aliphatic carbocycles. The quantitative estimate of drug-likeness (QED) is 0.595. The number of hydrogen-bond donors (Lipinski definition) is 1. The van der Waals surface area contributed by atoms with Crippen molar-refractivity contribution in [1.82, 2.24) is 0 Å². The predicted octanol–water partition coefficient (Wildman–Crippen LogP) is 3.23. The second kappa shape index (κ2) is 9.49. The Morgan fingerprint density at radius 1 is 1.19 bits per heavy atom. The van der Waals surface area contributed by atoms with Crippen molar-refractivity contribution in [3.05, 3.63) is 54.1 Å². The minimum Gasteiger partial charge on any atom is -0.497 e. The number of amides is 1. The Bertz CT molecular complexity index is 815. The third kappa shape index (κ3) is 5.53. The SMILES string of the molecule is COc1ccc(SCC(=O)O[C@H](C)C(=O)Nc2ccccc2C#N)cc1. The number of rotatable bonds is 7. The van der Waals surface area contributed by atoms with Gasteiger partial charge in [-0.3, -0.25) is 9.59 Å². The Balaban J connectivity index is 1.83. The van der Waals surface area contributed by atoms with Crippen LogP contribution >= 0.6 is 11.8 Å². The second-order valence-electron chi connectivity index (χ2n) is 5.24. The molecule has 0 heterocycles. The Kier molecular flexibility index (Phi) is 7.06. The highest BCUT2D eigenvalue weighted by atomic mass is 32.2. The third-order valence-electron chi connectivity index (χ3n) is 3.40. The number of hydrogen-bond acceptors (Lipinski definition) is 6. The largest absolute Gasteiger partial charge is 0.497 e. The zero-order valence-corrected chi connectivity index (χ0v) is 15.2. The summed E-state index contributed by atoms with van der Waals surface area (Å²) >= 11 is 1.31. The van der Waals surface area contributed by atoms with E-state index in [-0.39, 0.29) is 5.75 Å².